The Bertz CT molecular complexity index is 1150. The van der Waals surface area contributed by atoms with E-state index >= 15 is 0 Å². The summed E-state index contributed by atoms with van der Waals surface area (Å²) < 4.78 is 14.8. The summed E-state index contributed by atoms with van der Waals surface area (Å²) in [5.41, 5.74) is 0.551. The molecule has 18 heteroatoms. The predicted molar refractivity (Wildman–Crippen MR) is 138 cm³/mol. The number of rotatable bonds is 11. The van der Waals surface area contributed by atoms with Crippen LogP contribution in [-0.4, -0.2) is 152 Å². The highest BCUT2D eigenvalue weighted by molar-refractivity contribution is 5.96. The van der Waals surface area contributed by atoms with Crippen LogP contribution in [0.2, 0.25) is 0 Å². The third-order valence-electron chi connectivity index (χ3n) is 7.42. The van der Waals surface area contributed by atoms with Gasteiger partial charge < -0.3 is 50.7 Å². The van der Waals surface area contributed by atoms with Crippen molar-refractivity contribution in [1.82, 2.24) is 30.8 Å². The first-order valence-electron chi connectivity index (χ1n) is 13.4. The van der Waals surface area contributed by atoms with Crippen molar-refractivity contribution in [2.24, 2.45) is 0 Å². The zero-order valence-corrected chi connectivity index (χ0v) is 22.3. The minimum atomic E-state index is -1.67. The molecule has 0 radical (unpaired) electrons. The minimum absolute atomic E-state index is 0.0198. The van der Waals surface area contributed by atoms with Gasteiger partial charge >= 0.3 is 12.4 Å². The first-order chi connectivity index (χ1) is 20.0. The third-order valence-corrected chi connectivity index (χ3v) is 7.42. The second-order valence-corrected chi connectivity index (χ2v) is 10.3. The lowest BCUT2D eigenvalue weighted by atomic mass is 9.93. The van der Waals surface area contributed by atoms with Crippen molar-refractivity contribution < 1.29 is 59.3 Å². The molecule has 0 aromatic carbocycles. The van der Waals surface area contributed by atoms with Crippen LogP contribution in [0.15, 0.2) is 5.70 Å². The van der Waals surface area contributed by atoms with Crippen molar-refractivity contribution >= 4 is 36.0 Å². The maximum absolute atomic E-state index is 13.1. The van der Waals surface area contributed by atoms with Gasteiger partial charge in [0.1, 0.15) is 48.8 Å². The zero-order chi connectivity index (χ0) is 30.6. The fourth-order valence-corrected chi connectivity index (χ4v) is 5.02. The van der Waals surface area contributed by atoms with E-state index in [2.05, 4.69) is 31.8 Å². The molecule has 0 saturated carbocycles. The standard InChI is InChI=1S/C24H34N6O12/c31-8-14-19(36)20(37)17(34)12(41-14)5-16(33)28-11(2-1-10-6-25-9-27-10)22(39)26-7-13-18(35)21(38)23(42-13)30-4-3-15(32)29-24(30)40/h9,11-14,17-21,23,31,34-38H,1-5,7-8H2,(H3,26,28,29,32,33,39,40)/p+1/t11-,12+,13?,14+,17-,18+,19-,20+,21+,23+/m0/s1. The molecule has 0 aromatic rings. The van der Waals surface area contributed by atoms with Crippen molar-refractivity contribution in [1.29, 1.82) is 0 Å². The maximum Gasteiger partial charge on any atom is 0.348 e. The quantitative estimate of drug-likeness (QED) is 0.0990. The molecule has 0 bridgehead atoms. The molecule has 5 amide bonds. The summed E-state index contributed by atoms with van der Waals surface area (Å²) in [5, 5.41) is 70.5. The van der Waals surface area contributed by atoms with Crippen LogP contribution in [0.3, 0.4) is 0 Å². The van der Waals surface area contributed by atoms with Gasteiger partial charge in [-0.05, 0) is 6.42 Å². The summed E-state index contributed by atoms with van der Waals surface area (Å²) in [7, 11) is 0. The third kappa shape index (κ3) is 7.14. The molecule has 4 heterocycles. The molecule has 4 aliphatic rings. The zero-order valence-electron chi connectivity index (χ0n) is 22.3. The summed E-state index contributed by atoms with van der Waals surface area (Å²) in [6.07, 6.45) is -11.6. The van der Waals surface area contributed by atoms with Gasteiger partial charge in [-0.3, -0.25) is 24.6 Å². The number of allylic oxidation sites excluding steroid dienone is 1. The Labute approximate surface area is 238 Å². The Hall–Kier alpha value is -3.41. The van der Waals surface area contributed by atoms with E-state index < -0.39 is 97.9 Å². The number of ether oxygens (including phenoxy) is 2. The Kier molecular flexibility index (Phi) is 10.3. The summed E-state index contributed by atoms with van der Waals surface area (Å²) in [6, 6.07) is -1.94. The first-order valence-corrected chi connectivity index (χ1v) is 13.4. The first kappa shape index (κ1) is 31.5. The number of imide groups is 1. The number of nitrogens with zero attached hydrogens (tertiary/aromatic N) is 2. The molecule has 1 unspecified atom stereocenters. The van der Waals surface area contributed by atoms with Crippen LogP contribution < -0.4 is 25.9 Å². The van der Waals surface area contributed by atoms with Crippen LogP contribution in [0.5, 0.6) is 0 Å². The van der Waals surface area contributed by atoms with Crippen molar-refractivity contribution in [3.63, 3.8) is 0 Å². The Morgan fingerprint density at radius 1 is 1.05 bits per heavy atom. The second-order valence-electron chi connectivity index (χ2n) is 10.3. The van der Waals surface area contributed by atoms with E-state index in [0.717, 1.165) is 4.90 Å². The number of carbonyl (C=O) groups is 4. The number of carbonyl (C=O) groups excluding carboxylic acids is 4. The smallest absolute Gasteiger partial charge is 0.348 e. The summed E-state index contributed by atoms with van der Waals surface area (Å²) >= 11 is 0. The van der Waals surface area contributed by atoms with E-state index in [1.807, 2.05) is 0 Å². The van der Waals surface area contributed by atoms with Crippen molar-refractivity contribution in [3.8, 4) is 0 Å². The fourth-order valence-electron chi connectivity index (χ4n) is 5.02. The van der Waals surface area contributed by atoms with Gasteiger partial charge in [-0.2, -0.15) is 4.67 Å². The van der Waals surface area contributed by atoms with Gasteiger partial charge in [-0.25, -0.2) is 10.1 Å². The van der Waals surface area contributed by atoms with Crippen LogP contribution in [0, 0.1) is 0 Å². The predicted octanol–water partition coefficient (Wildman–Crippen LogP) is -6.76. The number of urea groups is 1. The number of hydrogen-bond donors (Lipinski definition) is 10. The van der Waals surface area contributed by atoms with Gasteiger partial charge in [-0.15, -0.1) is 0 Å². The van der Waals surface area contributed by atoms with Gasteiger partial charge in [0, 0.05) is 25.9 Å². The molecule has 10 N–H and O–H groups in total. The molecule has 0 aliphatic carbocycles. The van der Waals surface area contributed by atoms with Crippen LogP contribution in [0.25, 0.3) is 0 Å². The van der Waals surface area contributed by atoms with E-state index in [4.69, 9.17) is 9.47 Å². The number of aliphatic hydroxyl groups is 6. The Morgan fingerprint density at radius 3 is 2.43 bits per heavy atom. The normalized spacial score (nSPS) is 35.0. The summed E-state index contributed by atoms with van der Waals surface area (Å²) in [4.78, 5) is 50.7. The molecule has 4 aliphatic heterocycles. The number of nitrogens with one attached hydrogen (secondary N) is 4. The topological polar surface area (TPSA) is 274 Å². The minimum Gasteiger partial charge on any atom is -0.394 e. The van der Waals surface area contributed by atoms with Crippen molar-refractivity contribution in [2.45, 2.75) is 86.8 Å². The van der Waals surface area contributed by atoms with Gasteiger partial charge in [0.15, 0.2) is 6.23 Å². The molecular weight excluding hydrogens is 564 g/mol. The lowest BCUT2D eigenvalue weighted by molar-refractivity contribution is -0.229. The average Bonchev–Trinajstić information content (AvgIpc) is 3.58. The number of hydrogen-bond acceptors (Lipinski definition) is 13. The van der Waals surface area contributed by atoms with E-state index in [9.17, 15) is 49.8 Å². The highest BCUT2D eigenvalue weighted by atomic mass is 16.6. The highest BCUT2D eigenvalue weighted by Crippen LogP contribution is 2.26. The van der Waals surface area contributed by atoms with E-state index in [1.54, 1.807) is 0 Å². The molecule has 42 heavy (non-hydrogen) atoms. The van der Waals surface area contributed by atoms with Crippen LogP contribution in [0.1, 0.15) is 25.7 Å². The molecule has 232 valence electrons. The van der Waals surface area contributed by atoms with Gasteiger partial charge in [0.25, 0.3) is 0 Å². The molecule has 3 fully saturated rings. The largest absolute Gasteiger partial charge is 0.394 e. The lowest BCUT2D eigenvalue weighted by Crippen LogP contribution is -2.59. The van der Waals surface area contributed by atoms with E-state index in [-0.39, 0.29) is 32.4 Å². The Balaban J connectivity index is 1.36. The summed E-state index contributed by atoms with van der Waals surface area (Å²) in [6.45, 7) is -1.01. The second kappa shape index (κ2) is 13.7. The summed E-state index contributed by atoms with van der Waals surface area (Å²) in [5.74, 6) is 0.771. The van der Waals surface area contributed by atoms with Crippen LogP contribution in [0.4, 0.5) is 4.79 Å². The molecular formula is C24H35N6O12+. The molecule has 0 spiro atoms. The van der Waals surface area contributed by atoms with Crippen LogP contribution >= 0.6 is 0 Å². The van der Waals surface area contributed by atoms with E-state index in [1.165, 1.54) is 6.34 Å². The van der Waals surface area contributed by atoms with Crippen molar-refractivity contribution in [2.75, 3.05) is 19.7 Å². The van der Waals surface area contributed by atoms with Crippen molar-refractivity contribution in [3.05, 3.63) is 5.70 Å². The molecule has 10 atom stereocenters. The van der Waals surface area contributed by atoms with Gasteiger partial charge in [0.2, 0.25) is 29.3 Å². The maximum atomic E-state index is 13.1. The fraction of sp³-hybridized carbons (Fsp3) is 0.708. The monoisotopic (exact) mass is 599 g/mol. The molecule has 3 saturated heterocycles. The van der Waals surface area contributed by atoms with Gasteiger partial charge in [0.05, 0.1) is 19.1 Å². The Morgan fingerprint density at radius 2 is 1.76 bits per heavy atom. The van der Waals surface area contributed by atoms with Gasteiger partial charge in [-0.1, -0.05) is 0 Å². The molecule has 0 aromatic heterocycles. The molecule has 4 rings (SSSR count). The number of aliphatic hydroxyl groups excluding tert-OH is 6. The SMILES string of the molecule is O=C1CCN([C@@H]2OC(CNC(=O)[C@H](CCC3=C=[N+]=CN3)NC(=O)C[C@H]3O[C@H](CO)[C@H](O)[C@H](O)[C@H]3O)[C@@H](O)[C@H]2O)C(=O)N1. The van der Waals surface area contributed by atoms with E-state index in [0.29, 0.717) is 5.70 Å². The highest BCUT2D eigenvalue weighted by Gasteiger charge is 2.48. The number of amides is 5. The molecule has 18 nitrogen and oxygen atoms in total. The lowest BCUT2D eigenvalue weighted by Gasteiger charge is -2.39. The van der Waals surface area contributed by atoms with Crippen LogP contribution in [-0.2, 0) is 23.9 Å². The average molecular weight is 600 g/mol.